The number of nitrogens with zero attached hydrogens (tertiary/aromatic N) is 1. The molecule has 1 aromatic rings. The van der Waals surface area contributed by atoms with Crippen LogP contribution in [0.5, 0.6) is 0 Å². The van der Waals surface area contributed by atoms with Crippen LogP contribution in [-0.4, -0.2) is 40.9 Å². The molecule has 1 aliphatic heterocycles. The summed E-state index contributed by atoms with van der Waals surface area (Å²) in [5, 5.41) is 10.4. The van der Waals surface area contributed by atoms with Gasteiger partial charge in [0.2, 0.25) is 5.91 Å². The number of halogens is 1. The molecule has 2 unspecified atom stereocenters. The van der Waals surface area contributed by atoms with Gasteiger partial charge >= 0.3 is 0 Å². The Labute approximate surface area is 122 Å². The smallest absolute Gasteiger partial charge is 0.232 e. The zero-order valence-corrected chi connectivity index (χ0v) is 12.5. The van der Waals surface area contributed by atoms with Gasteiger partial charge in [0.25, 0.3) is 0 Å². The molecule has 0 spiro atoms. The maximum Gasteiger partial charge on any atom is 0.232 e. The normalized spacial score (nSPS) is 23.4. The van der Waals surface area contributed by atoms with Gasteiger partial charge in [0.1, 0.15) is 0 Å². The van der Waals surface area contributed by atoms with Crippen LogP contribution in [0.25, 0.3) is 0 Å². The van der Waals surface area contributed by atoms with Crippen LogP contribution in [0.15, 0.2) is 29.2 Å². The Balaban J connectivity index is 1.83. The van der Waals surface area contributed by atoms with E-state index < -0.39 is 0 Å². The second kappa shape index (κ2) is 6.64. The standard InChI is InChI=1S/C14H18ClNO2S/c1-10-8-16(7-6-13(10)17)14(18)9-19-12-4-2-11(15)3-5-12/h2-5,10,13,17H,6-9H2,1H3. The van der Waals surface area contributed by atoms with Crippen LogP contribution >= 0.6 is 23.4 Å². The maximum absolute atomic E-state index is 12.1. The Morgan fingerprint density at radius 3 is 2.79 bits per heavy atom. The summed E-state index contributed by atoms with van der Waals surface area (Å²) in [5.74, 6) is 0.738. The molecule has 1 aromatic carbocycles. The Hall–Kier alpha value is -0.710. The highest BCUT2D eigenvalue weighted by atomic mass is 35.5. The first kappa shape index (κ1) is 14.7. The van der Waals surface area contributed by atoms with Crippen molar-refractivity contribution in [1.82, 2.24) is 4.90 Å². The lowest BCUT2D eigenvalue weighted by Gasteiger charge is -2.34. The molecule has 1 N–H and O–H groups in total. The number of benzene rings is 1. The molecule has 1 heterocycles. The summed E-state index contributed by atoms with van der Waals surface area (Å²) in [7, 11) is 0. The highest BCUT2D eigenvalue weighted by Gasteiger charge is 2.26. The number of amides is 1. The first-order chi connectivity index (χ1) is 9.06. The SMILES string of the molecule is CC1CN(C(=O)CSc2ccc(Cl)cc2)CCC1O. The van der Waals surface area contributed by atoms with Crippen molar-refractivity contribution in [2.24, 2.45) is 5.92 Å². The Morgan fingerprint density at radius 1 is 1.47 bits per heavy atom. The summed E-state index contributed by atoms with van der Waals surface area (Å²) < 4.78 is 0. The van der Waals surface area contributed by atoms with E-state index in [1.807, 2.05) is 36.1 Å². The lowest BCUT2D eigenvalue weighted by molar-refractivity contribution is -0.131. The van der Waals surface area contributed by atoms with Gasteiger partial charge in [-0.05, 0) is 36.6 Å². The lowest BCUT2D eigenvalue weighted by Crippen LogP contribution is -2.45. The highest BCUT2D eigenvalue weighted by molar-refractivity contribution is 8.00. The van der Waals surface area contributed by atoms with Gasteiger partial charge in [-0.1, -0.05) is 18.5 Å². The van der Waals surface area contributed by atoms with Gasteiger partial charge < -0.3 is 10.0 Å². The van der Waals surface area contributed by atoms with Gasteiger partial charge in [-0.3, -0.25) is 4.79 Å². The fraction of sp³-hybridized carbons (Fsp3) is 0.500. The van der Waals surface area contributed by atoms with Crippen molar-refractivity contribution in [3.05, 3.63) is 29.3 Å². The topological polar surface area (TPSA) is 40.5 Å². The number of carbonyl (C=O) groups excluding carboxylic acids is 1. The molecule has 0 radical (unpaired) electrons. The second-order valence-corrected chi connectivity index (χ2v) is 6.40. The first-order valence-corrected chi connectivity index (χ1v) is 7.77. The lowest BCUT2D eigenvalue weighted by atomic mass is 9.97. The van der Waals surface area contributed by atoms with Crippen molar-refractivity contribution in [3.8, 4) is 0 Å². The largest absolute Gasteiger partial charge is 0.393 e. The molecular formula is C14H18ClNO2S. The zero-order valence-electron chi connectivity index (χ0n) is 10.9. The summed E-state index contributed by atoms with van der Waals surface area (Å²) in [6.45, 7) is 3.29. The van der Waals surface area contributed by atoms with Crippen molar-refractivity contribution in [1.29, 1.82) is 0 Å². The third-order valence-electron chi connectivity index (χ3n) is 3.39. The summed E-state index contributed by atoms with van der Waals surface area (Å²) in [4.78, 5) is 15.0. The monoisotopic (exact) mass is 299 g/mol. The minimum absolute atomic E-state index is 0.138. The molecule has 2 rings (SSSR count). The molecule has 2 atom stereocenters. The predicted molar refractivity (Wildman–Crippen MR) is 78.5 cm³/mol. The van der Waals surface area contributed by atoms with Crippen molar-refractivity contribution in [2.45, 2.75) is 24.3 Å². The first-order valence-electron chi connectivity index (χ1n) is 6.40. The Bertz CT molecular complexity index is 438. The third-order valence-corrected chi connectivity index (χ3v) is 4.64. The molecule has 0 aromatic heterocycles. The third kappa shape index (κ3) is 4.13. The molecule has 19 heavy (non-hydrogen) atoms. The van der Waals surface area contributed by atoms with Gasteiger partial charge in [0.05, 0.1) is 11.9 Å². The summed E-state index contributed by atoms with van der Waals surface area (Å²) in [5.41, 5.74) is 0. The summed E-state index contributed by atoms with van der Waals surface area (Å²) in [6.07, 6.45) is 0.409. The fourth-order valence-electron chi connectivity index (χ4n) is 2.13. The summed E-state index contributed by atoms with van der Waals surface area (Å²) in [6, 6.07) is 7.49. The number of aliphatic hydroxyl groups is 1. The number of aliphatic hydroxyl groups excluding tert-OH is 1. The number of hydrogen-bond donors (Lipinski definition) is 1. The van der Waals surface area contributed by atoms with E-state index >= 15 is 0 Å². The molecule has 3 nitrogen and oxygen atoms in total. The van der Waals surface area contributed by atoms with Crippen LogP contribution in [0.3, 0.4) is 0 Å². The molecule has 1 fully saturated rings. The van der Waals surface area contributed by atoms with E-state index in [2.05, 4.69) is 0 Å². The maximum atomic E-state index is 12.1. The molecule has 0 aliphatic carbocycles. The average Bonchev–Trinajstić information content (AvgIpc) is 2.41. The zero-order chi connectivity index (χ0) is 13.8. The van der Waals surface area contributed by atoms with E-state index in [0.29, 0.717) is 30.3 Å². The van der Waals surface area contributed by atoms with Crippen LogP contribution in [0.1, 0.15) is 13.3 Å². The fourth-order valence-corrected chi connectivity index (χ4v) is 3.05. The molecule has 1 aliphatic rings. The van der Waals surface area contributed by atoms with Gasteiger partial charge in [-0.25, -0.2) is 0 Å². The second-order valence-electron chi connectivity index (χ2n) is 4.92. The van der Waals surface area contributed by atoms with E-state index in [9.17, 15) is 9.90 Å². The number of likely N-dealkylation sites (tertiary alicyclic amines) is 1. The molecule has 0 saturated carbocycles. The van der Waals surface area contributed by atoms with E-state index in [1.165, 1.54) is 11.8 Å². The van der Waals surface area contributed by atoms with Crippen molar-refractivity contribution in [2.75, 3.05) is 18.8 Å². The number of carbonyl (C=O) groups is 1. The summed E-state index contributed by atoms with van der Waals surface area (Å²) >= 11 is 7.34. The van der Waals surface area contributed by atoms with E-state index in [4.69, 9.17) is 11.6 Å². The number of piperidine rings is 1. The van der Waals surface area contributed by atoms with E-state index in [-0.39, 0.29) is 17.9 Å². The average molecular weight is 300 g/mol. The molecule has 0 bridgehead atoms. The number of thioether (sulfide) groups is 1. The van der Waals surface area contributed by atoms with Crippen LogP contribution in [0.2, 0.25) is 5.02 Å². The minimum Gasteiger partial charge on any atom is -0.393 e. The van der Waals surface area contributed by atoms with Gasteiger partial charge in [0, 0.05) is 23.0 Å². The van der Waals surface area contributed by atoms with Gasteiger partial charge in [-0.15, -0.1) is 11.8 Å². The Kier molecular flexibility index (Phi) is 5.13. The van der Waals surface area contributed by atoms with Crippen molar-refractivity contribution >= 4 is 29.3 Å². The van der Waals surface area contributed by atoms with Gasteiger partial charge in [-0.2, -0.15) is 0 Å². The van der Waals surface area contributed by atoms with Gasteiger partial charge in [0.15, 0.2) is 0 Å². The Morgan fingerprint density at radius 2 is 2.16 bits per heavy atom. The van der Waals surface area contributed by atoms with Crippen molar-refractivity contribution in [3.63, 3.8) is 0 Å². The van der Waals surface area contributed by atoms with Crippen molar-refractivity contribution < 1.29 is 9.90 Å². The molecule has 104 valence electrons. The quantitative estimate of drug-likeness (QED) is 0.872. The molecule has 1 amide bonds. The van der Waals surface area contributed by atoms with Crippen LogP contribution in [-0.2, 0) is 4.79 Å². The van der Waals surface area contributed by atoms with Crippen LogP contribution in [0.4, 0.5) is 0 Å². The number of hydrogen-bond acceptors (Lipinski definition) is 3. The minimum atomic E-state index is -0.270. The highest BCUT2D eigenvalue weighted by Crippen LogP contribution is 2.22. The molecule has 1 saturated heterocycles. The van der Waals surface area contributed by atoms with E-state index in [0.717, 1.165) is 4.90 Å². The van der Waals surface area contributed by atoms with E-state index in [1.54, 1.807) is 0 Å². The molecule has 5 heteroatoms. The number of rotatable bonds is 3. The predicted octanol–water partition coefficient (Wildman–Crippen LogP) is 2.66. The van der Waals surface area contributed by atoms with Crippen LogP contribution < -0.4 is 0 Å². The van der Waals surface area contributed by atoms with Crippen LogP contribution in [0, 0.1) is 5.92 Å². The molecular weight excluding hydrogens is 282 g/mol.